The topological polar surface area (TPSA) is 71.3 Å². The SMILES string of the molecule is CCCn1cc(S(=O)(=O)Nc2cccc(Br)c2)cc1CO. The van der Waals surface area contributed by atoms with Crippen LogP contribution in [-0.4, -0.2) is 18.1 Å². The highest BCUT2D eigenvalue weighted by molar-refractivity contribution is 9.10. The van der Waals surface area contributed by atoms with Crippen LogP contribution in [0.15, 0.2) is 45.9 Å². The van der Waals surface area contributed by atoms with Gasteiger partial charge in [-0.1, -0.05) is 28.9 Å². The number of hydrogen-bond acceptors (Lipinski definition) is 3. The van der Waals surface area contributed by atoms with Gasteiger partial charge in [0.2, 0.25) is 0 Å². The van der Waals surface area contributed by atoms with Crippen molar-refractivity contribution in [2.45, 2.75) is 31.4 Å². The molecule has 0 aliphatic rings. The Morgan fingerprint density at radius 1 is 1.33 bits per heavy atom. The van der Waals surface area contributed by atoms with Gasteiger partial charge in [0.1, 0.15) is 4.90 Å². The van der Waals surface area contributed by atoms with Crippen molar-refractivity contribution >= 4 is 31.6 Å². The van der Waals surface area contributed by atoms with E-state index in [1.165, 1.54) is 6.07 Å². The summed E-state index contributed by atoms with van der Waals surface area (Å²) in [6.07, 6.45) is 2.41. The maximum absolute atomic E-state index is 12.4. The van der Waals surface area contributed by atoms with Crippen LogP contribution in [0.1, 0.15) is 19.0 Å². The summed E-state index contributed by atoms with van der Waals surface area (Å²) in [5.74, 6) is 0. The first kappa shape index (κ1) is 16.1. The molecule has 0 bridgehead atoms. The number of hydrogen-bond donors (Lipinski definition) is 2. The Hall–Kier alpha value is -1.31. The Morgan fingerprint density at radius 2 is 2.10 bits per heavy atom. The third-order valence-corrected chi connectivity index (χ3v) is 4.82. The smallest absolute Gasteiger partial charge is 0.263 e. The summed E-state index contributed by atoms with van der Waals surface area (Å²) in [5.41, 5.74) is 1.07. The minimum Gasteiger partial charge on any atom is -0.390 e. The van der Waals surface area contributed by atoms with E-state index in [4.69, 9.17) is 0 Å². The molecule has 0 atom stereocenters. The lowest BCUT2D eigenvalue weighted by Crippen LogP contribution is -2.12. The molecule has 0 amide bonds. The molecule has 1 heterocycles. The van der Waals surface area contributed by atoms with Crippen molar-refractivity contribution in [3.8, 4) is 0 Å². The predicted octanol–water partition coefficient (Wildman–Crippen LogP) is 2.95. The van der Waals surface area contributed by atoms with E-state index in [0.29, 0.717) is 17.9 Å². The van der Waals surface area contributed by atoms with E-state index in [9.17, 15) is 13.5 Å². The summed E-state index contributed by atoms with van der Waals surface area (Å²) in [7, 11) is -3.66. The average Bonchev–Trinajstić information content (AvgIpc) is 2.83. The molecule has 114 valence electrons. The third kappa shape index (κ3) is 3.87. The first-order valence-electron chi connectivity index (χ1n) is 6.54. The fourth-order valence-electron chi connectivity index (χ4n) is 2.02. The molecule has 0 radical (unpaired) electrons. The van der Waals surface area contributed by atoms with E-state index in [1.54, 1.807) is 29.0 Å². The van der Waals surface area contributed by atoms with E-state index in [1.807, 2.05) is 13.0 Å². The highest BCUT2D eigenvalue weighted by Crippen LogP contribution is 2.21. The molecule has 0 fully saturated rings. The van der Waals surface area contributed by atoms with Crippen LogP contribution in [0.2, 0.25) is 0 Å². The van der Waals surface area contributed by atoms with Crippen LogP contribution in [0.5, 0.6) is 0 Å². The Bertz CT molecular complexity index is 726. The number of anilines is 1. The summed E-state index contributed by atoms with van der Waals surface area (Å²) >= 11 is 3.30. The molecule has 1 aromatic heterocycles. The van der Waals surface area contributed by atoms with E-state index in [0.717, 1.165) is 10.9 Å². The summed E-state index contributed by atoms with van der Waals surface area (Å²) < 4.78 is 29.8. The van der Waals surface area contributed by atoms with Crippen molar-refractivity contribution in [1.82, 2.24) is 4.57 Å². The molecule has 0 saturated carbocycles. The van der Waals surface area contributed by atoms with Gasteiger partial charge < -0.3 is 9.67 Å². The lowest BCUT2D eigenvalue weighted by atomic mass is 10.3. The standard InChI is InChI=1S/C14H17BrN2O3S/c1-2-6-17-9-14(8-13(17)10-18)21(19,20)16-12-5-3-4-11(15)7-12/h3-5,7-9,16,18H,2,6,10H2,1H3. The Balaban J connectivity index is 2.31. The molecular weight excluding hydrogens is 356 g/mol. The molecule has 0 spiro atoms. The first-order valence-corrected chi connectivity index (χ1v) is 8.82. The lowest BCUT2D eigenvalue weighted by molar-refractivity contribution is 0.270. The summed E-state index contributed by atoms with van der Waals surface area (Å²) in [4.78, 5) is 0.153. The molecule has 0 aliphatic heterocycles. The van der Waals surface area contributed by atoms with Crippen LogP contribution in [0.25, 0.3) is 0 Å². The van der Waals surface area contributed by atoms with Crippen LogP contribution >= 0.6 is 15.9 Å². The first-order chi connectivity index (χ1) is 9.96. The molecule has 2 N–H and O–H groups in total. The van der Waals surface area contributed by atoms with Crippen LogP contribution < -0.4 is 4.72 Å². The van der Waals surface area contributed by atoms with E-state index in [2.05, 4.69) is 20.7 Å². The second kappa shape index (κ2) is 6.64. The number of sulfonamides is 1. The van der Waals surface area contributed by atoms with Crippen molar-refractivity contribution < 1.29 is 13.5 Å². The van der Waals surface area contributed by atoms with Crippen molar-refractivity contribution in [1.29, 1.82) is 0 Å². The zero-order valence-corrected chi connectivity index (χ0v) is 14.0. The van der Waals surface area contributed by atoms with Crippen LogP contribution in [0.4, 0.5) is 5.69 Å². The largest absolute Gasteiger partial charge is 0.390 e. The van der Waals surface area contributed by atoms with Gasteiger partial charge in [-0.15, -0.1) is 0 Å². The van der Waals surface area contributed by atoms with Gasteiger partial charge in [0.05, 0.1) is 6.61 Å². The van der Waals surface area contributed by atoms with Gasteiger partial charge >= 0.3 is 0 Å². The number of aliphatic hydroxyl groups excluding tert-OH is 1. The number of benzene rings is 1. The number of aryl methyl sites for hydroxylation is 1. The fourth-order valence-corrected chi connectivity index (χ4v) is 3.53. The van der Waals surface area contributed by atoms with Crippen molar-refractivity contribution in [2.75, 3.05) is 4.72 Å². The molecule has 7 heteroatoms. The summed E-state index contributed by atoms with van der Waals surface area (Å²) in [6, 6.07) is 8.44. The molecule has 2 rings (SSSR count). The fraction of sp³-hybridized carbons (Fsp3) is 0.286. The van der Waals surface area contributed by atoms with Crippen LogP contribution in [-0.2, 0) is 23.2 Å². The molecule has 0 unspecified atom stereocenters. The zero-order chi connectivity index (χ0) is 15.5. The summed E-state index contributed by atoms with van der Waals surface area (Å²) in [6.45, 7) is 2.48. The molecule has 2 aromatic rings. The van der Waals surface area contributed by atoms with E-state index in [-0.39, 0.29) is 11.5 Å². The van der Waals surface area contributed by atoms with Gasteiger partial charge in [-0.2, -0.15) is 0 Å². The van der Waals surface area contributed by atoms with Gasteiger partial charge in [-0.3, -0.25) is 4.72 Å². The predicted molar refractivity (Wildman–Crippen MR) is 85.6 cm³/mol. The number of halogens is 1. The van der Waals surface area contributed by atoms with Crippen molar-refractivity contribution in [3.63, 3.8) is 0 Å². The van der Waals surface area contributed by atoms with Gasteiger partial charge in [0.15, 0.2) is 0 Å². The minimum absolute atomic E-state index is 0.153. The molecular formula is C14H17BrN2O3S. The average molecular weight is 373 g/mol. The zero-order valence-electron chi connectivity index (χ0n) is 11.6. The highest BCUT2D eigenvalue weighted by Gasteiger charge is 2.18. The van der Waals surface area contributed by atoms with Gasteiger partial charge in [0.25, 0.3) is 10.0 Å². The number of aliphatic hydroxyl groups is 1. The number of rotatable bonds is 6. The number of aromatic nitrogens is 1. The maximum atomic E-state index is 12.4. The lowest BCUT2D eigenvalue weighted by Gasteiger charge is -2.06. The van der Waals surface area contributed by atoms with Gasteiger partial charge in [0, 0.05) is 28.6 Å². The monoisotopic (exact) mass is 372 g/mol. The van der Waals surface area contributed by atoms with E-state index >= 15 is 0 Å². The molecule has 21 heavy (non-hydrogen) atoms. The second-order valence-electron chi connectivity index (χ2n) is 4.63. The Kier molecular flexibility index (Phi) is 5.08. The molecule has 1 aromatic carbocycles. The van der Waals surface area contributed by atoms with Crippen LogP contribution in [0.3, 0.4) is 0 Å². The molecule has 0 aliphatic carbocycles. The minimum atomic E-state index is -3.66. The highest BCUT2D eigenvalue weighted by atomic mass is 79.9. The van der Waals surface area contributed by atoms with Gasteiger partial charge in [-0.05, 0) is 30.7 Å². The Morgan fingerprint density at radius 3 is 2.71 bits per heavy atom. The molecule has 0 saturated heterocycles. The summed E-state index contributed by atoms with van der Waals surface area (Å²) in [5, 5.41) is 9.31. The maximum Gasteiger partial charge on any atom is 0.263 e. The van der Waals surface area contributed by atoms with Crippen LogP contribution in [0, 0.1) is 0 Å². The number of nitrogens with zero attached hydrogens (tertiary/aromatic N) is 1. The normalized spacial score (nSPS) is 11.6. The van der Waals surface area contributed by atoms with Crippen molar-refractivity contribution in [2.24, 2.45) is 0 Å². The Labute approximate surface area is 132 Å². The quantitative estimate of drug-likeness (QED) is 0.818. The van der Waals surface area contributed by atoms with Crippen molar-refractivity contribution in [3.05, 3.63) is 46.7 Å². The molecule has 5 nitrogen and oxygen atoms in total. The third-order valence-electron chi connectivity index (χ3n) is 2.97. The van der Waals surface area contributed by atoms with E-state index < -0.39 is 10.0 Å². The van der Waals surface area contributed by atoms with Gasteiger partial charge in [-0.25, -0.2) is 8.42 Å². The number of nitrogens with one attached hydrogen (secondary N) is 1. The second-order valence-corrected chi connectivity index (χ2v) is 7.23.